The van der Waals surface area contributed by atoms with Gasteiger partial charge in [0, 0.05) is 25.8 Å². The molecule has 2 fully saturated rings. The topological polar surface area (TPSA) is 83.5 Å². The smallest absolute Gasteiger partial charge is 0.139 e. The van der Waals surface area contributed by atoms with Gasteiger partial charge < -0.3 is 19.3 Å². The van der Waals surface area contributed by atoms with Crippen LogP contribution < -0.4 is 4.90 Å². The molecule has 8 nitrogen and oxygen atoms in total. The van der Waals surface area contributed by atoms with E-state index in [1.807, 2.05) is 43.3 Å². The fourth-order valence-corrected chi connectivity index (χ4v) is 4.87. The molecule has 4 atom stereocenters. The molecule has 148 valence electrons. The van der Waals surface area contributed by atoms with Gasteiger partial charge in [-0.2, -0.15) is 0 Å². The van der Waals surface area contributed by atoms with E-state index in [2.05, 4.69) is 25.1 Å². The monoisotopic (exact) mass is 382 g/mol. The van der Waals surface area contributed by atoms with Gasteiger partial charge in [0.05, 0.1) is 35.7 Å². The molecule has 2 aliphatic rings. The number of aliphatic hydroxyl groups excluding tert-OH is 1. The second-order valence-corrected chi connectivity index (χ2v) is 8.43. The third-order valence-corrected chi connectivity index (χ3v) is 6.14. The van der Waals surface area contributed by atoms with Crippen molar-refractivity contribution in [3.8, 4) is 0 Å². The average molecular weight is 382 g/mol. The van der Waals surface area contributed by atoms with Crippen molar-refractivity contribution in [2.24, 2.45) is 11.8 Å². The molecule has 0 aromatic carbocycles. The molecule has 8 heteroatoms. The van der Waals surface area contributed by atoms with E-state index >= 15 is 0 Å². The van der Waals surface area contributed by atoms with Gasteiger partial charge in [-0.05, 0) is 50.9 Å². The standard InChI is InChI=1S/C20H26N6O2/c1-24(2)11-15-12-26(23-22-15)17-7-13-9-25(10-14(13)8-18(17)27)20-16-4-6-28-19(16)3-5-21-20/h3-6,12-14,17-18,27H,7-11H2,1-2H3/t13-,14+,17-,18-/m1/s1. The highest BCUT2D eigenvalue weighted by Gasteiger charge is 2.43. The SMILES string of the molecule is CN(C)Cc1cn([C@@H]2C[C@@H]3CN(c4nccc5occc45)C[C@@H]3C[C@H]2O)nn1. The Labute approximate surface area is 163 Å². The zero-order valence-corrected chi connectivity index (χ0v) is 16.3. The maximum Gasteiger partial charge on any atom is 0.139 e. The lowest BCUT2D eigenvalue weighted by Gasteiger charge is -2.34. The molecule has 0 unspecified atom stereocenters. The number of pyridine rings is 1. The van der Waals surface area contributed by atoms with E-state index < -0.39 is 6.10 Å². The number of furan rings is 1. The highest BCUT2D eigenvalue weighted by Crippen LogP contribution is 2.43. The van der Waals surface area contributed by atoms with Crippen LogP contribution in [0, 0.1) is 11.8 Å². The van der Waals surface area contributed by atoms with Crippen molar-refractivity contribution in [3.63, 3.8) is 0 Å². The maximum absolute atomic E-state index is 10.8. The Morgan fingerprint density at radius 1 is 1.21 bits per heavy atom. The van der Waals surface area contributed by atoms with Crippen LogP contribution in [0.4, 0.5) is 5.82 Å². The Balaban J connectivity index is 1.34. The van der Waals surface area contributed by atoms with Crippen molar-refractivity contribution in [1.82, 2.24) is 24.9 Å². The Kier molecular flexibility index (Phi) is 4.32. The Morgan fingerprint density at radius 3 is 2.86 bits per heavy atom. The van der Waals surface area contributed by atoms with Gasteiger partial charge in [0.25, 0.3) is 0 Å². The first-order valence-electron chi connectivity index (χ1n) is 9.89. The van der Waals surface area contributed by atoms with Crippen molar-refractivity contribution in [1.29, 1.82) is 0 Å². The van der Waals surface area contributed by atoms with Crippen LogP contribution in [0.15, 0.2) is 35.2 Å². The molecule has 3 aromatic heterocycles. The Bertz CT molecular complexity index is 966. The number of aliphatic hydroxyl groups is 1. The Morgan fingerprint density at radius 2 is 2.04 bits per heavy atom. The number of anilines is 1. The predicted molar refractivity (Wildman–Crippen MR) is 105 cm³/mol. The van der Waals surface area contributed by atoms with Crippen molar-refractivity contribution >= 4 is 16.8 Å². The fourth-order valence-electron chi connectivity index (χ4n) is 4.87. The number of nitrogens with zero attached hydrogens (tertiary/aromatic N) is 6. The molecule has 3 aromatic rings. The van der Waals surface area contributed by atoms with E-state index in [0.29, 0.717) is 11.8 Å². The van der Waals surface area contributed by atoms with E-state index in [-0.39, 0.29) is 6.04 Å². The fraction of sp³-hybridized carbons (Fsp3) is 0.550. The third kappa shape index (κ3) is 3.06. The number of hydrogen-bond acceptors (Lipinski definition) is 7. The molecule has 4 heterocycles. The van der Waals surface area contributed by atoms with E-state index in [4.69, 9.17) is 4.42 Å². The molecule has 1 saturated heterocycles. The van der Waals surface area contributed by atoms with Crippen LogP contribution in [0.3, 0.4) is 0 Å². The summed E-state index contributed by atoms with van der Waals surface area (Å²) in [6.07, 6.45) is 6.81. The number of aromatic nitrogens is 4. The molecule has 1 saturated carbocycles. The third-order valence-electron chi connectivity index (χ3n) is 6.14. The summed E-state index contributed by atoms with van der Waals surface area (Å²) in [7, 11) is 4.03. The molecule has 5 rings (SSSR count). The van der Waals surface area contributed by atoms with Gasteiger partial charge in [0.1, 0.15) is 11.4 Å². The maximum atomic E-state index is 10.8. The molecule has 28 heavy (non-hydrogen) atoms. The first kappa shape index (κ1) is 17.6. The van der Waals surface area contributed by atoms with E-state index in [1.54, 1.807) is 6.26 Å². The van der Waals surface area contributed by atoms with Crippen LogP contribution in [-0.2, 0) is 6.54 Å². The minimum atomic E-state index is -0.396. The summed E-state index contributed by atoms with van der Waals surface area (Å²) in [6.45, 7) is 2.63. The summed E-state index contributed by atoms with van der Waals surface area (Å²) in [5.74, 6) is 1.97. The van der Waals surface area contributed by atoms with Crippen LogP contribution in [0.25, 0.3) is 11.0 Å². The minimum absolute atomic E-state index is 0.0118. The highest BCUT2D eigenvalue weighted by atomic mass is 16.3. The average Bonchev–Trinajstić information content (AvgIpc) is 3.38. The van der Waals surface area contributed by atoms with Gasteiger partial charge >= 0.3 is 0 Å². The second kappa shape index (κ2) is 6.86. The molecule has 0 radical (unpaired) electrons. The van der Waals surface area contributed by atoms with E-state index in [9.17, 15) is 5.11 Å². The largest absolute Gasteiger partial charge is 0.464 e. The first-order valence-corrected chi connectivity index (χ1v) is 9.89. The molecule has 0 spiro atoms. The van der Waals surface area contributed by atoms with Crippen LogP contribution in [0.1, 0.15) is 24.6 Å². The summed E-state index contributed by atoms with van der Waals surface area (Å²) in [5.41, 5.74) is 1.80. The highest BCUT2D eigenvalue weighted by molar-refractivity contribution is 5.88. The van der Waals surface area contributed by atoms with Gasteiger partial charge in [-0.3, -0.25) is 0 Å². The molecular formula is C20H26N6O2. The molecule has 1 aliphatic carbocycles. The number of hydrogen-bond donors (Lipinski definition) is 1. The summed E-state index contributed by atoms with van der Waals surface area (Å²) < 4.78 is 7.40. The molecule has 0 amide bonds. The molecular weight excluding hydrogens is 356 g/mol. The van der Waals surface area contributed by atoms with Gasteiger partial charge in [-0.25, -0.2) is 9.67 Å². The Hall–Kier alpha value is -2.45. The molecule has 0 bridgehead atoms. The van der Waals surface area contributed by atoms with E-state index in [0.717, 1.165) is 55.0 Å². The van der Waals surface area contributed by atoms with Gasteiger partial charge in [-0.1, -0.05) is 5.21 Å². The molecule has 1 aliphatic heterocycles. The lowest BCUT2D eigenvalue weighted by atomic mass is 9.77. The van der Waals surface area contributed by atoms with Crippen molar-refractivity contribution < 1.29 is 9.52 Å². The normalized spacial score (nSPS) is 27.6. The number of fused-ring (bicyclic) bond motifs is 2. The van der Waals surface area contributed by atoms with Crippen LogP contribution in [0.2, 0.25) is 0 Å². The quantitative estimate of drug-likeness (QED) is 0.738. The van der Waals surface area contributed by atoms with E-state index in [1.165, 1.54) is 0 Å². The van der Waals surface area contributed by atoms with Crippen molar-refractivity contribution in [2.75, 3.05) is 32.1 Å². The van der Waals surface area contributed by atoms with Crippen LogP contribution in [0.5, 0.6) is 0 Å². The minimum Gasteiger partial charge on any atom is -0.464 e. The summed E-state index contributed by atoms with van der Waals surface area (Å²) in [4.78, 5) is 9.04. The second-order valence-electron chi connectivity index (χ2n) is 8.43. The van der Waals surface area contributed by atoms with Crippen molar-refractivity contribution in [3.05, 3.63) is 36.5 Å². The first-order chi connectivity index (χ1) is 13.6. The lowest BCUT2D eigenvalue weighted by molar-refractivity contribution is 0.0298. The van der Waals surface area contributed by atoms with Crippen LogP contribution in [-0.4, -0.2) is 63.3 Å². The van der Waals surface area contributed by atoms with Gasteiger partial charge in [-0.15, -0.1) is 5.10 Å². The zero-order chi connectivity index (χ0) is 19.3. The lowest BCUT2D eigenvalue weighted by Crippen LogP contribution is -2.36. The summed E-state index contributed by atoms with van der Waals surface area (Å²) in [6, 6.07) is 3.87. The van der Waals surface area contributed by atoms with Gasteiger partial charge in [0.15, 0.2) is 0 Å². The van der Waals surface area contributed by atoms with Gasteiger partial charge in [0.2, 0.25) is 0 Å². The summed E-state index contributed by atoms with van der Waals surface area (Å²) in [5, 5.41) is 20.4. The van der Waals surface area contributed by atoms with Crippen LogP contribution >= 0.6 is 0 Å². The molecule has 1 N–H and O–H groups in total. The van der Waals surface area contributed by atoms with Crippen molar-refractivity contribution in [2.45, 2.75) is 31.5 Å². The predicted octanol–water partition coefficient (Wildman–Crippen LogP) is 1.93. The summed E-state index contributed by atoms with van der Waals surface area (Å²) >= 11 is 0. The number of rotatable bonds is 4. The zero-order valence-electron chi connectivity index (χ0n) is 16.3.